The van der Waals surface area contributed by atoms with Crippen molar-refractivity contribution in [2.24, 2.45) is 5.73 Å². The molecule has 1 unspecified atom stereocenters. The number of halogens is 1. The van der Waals surface area contributed by atoms with Gasteiger partial charge in [-0.25, -0.2) is 0 Å². The van der Waals surface area contributed by atoms with Crippen molar-refractivity contribution in [3.8, 4) is 5.75 Å². The van der Waals surface area contributed by atoms with Crippen LogP contribution in [0.4, 0.5) is 0 Å². The highest BCUT2D eigenvalue weighted by Crippen LogP contribution is 2.16. The molecule has 0 aliphatic rings. The summed E-state index contributed by atoms with van der Waals surface area (Å²) in [7, 11) is 0. The third kappa shape index (κ3) is 3.63. The van der Waals surface area contributed by atoms with Gasteiger partial charge in [-0.3, -0.25) is 0 Å². The van der Waals surface area contributed by atoms with Crippen LogP contribution >= 0.6 is 11.6 Å². The van der Waals surface area contributed by atoms with E-state index in [0.717, 1.165) is 0 Å². The Kier molecular flexibility index (Phi) is 4.02. The number of rotatable bonds is 4. The molecule has 0 aliphatic heterocycles. The predicted molar refractivity (Wildman–Crippen MR) is 51.8 cm³/mol. The van der Waals surface area contributed by atoms with Crippen molar-refractivity contribution >= 4 is 11.6 Å². The predicted octanol–water partition coefficient (Wildman–Crippen LogP) is 1.39. The lowest BCUT2D eigenvalue weighted by Crippen LogP contribution is -2.19. The van der Waals surface area contributed by atoms with Crippen LogP contribution in [0.15, 0.2) is 24.3 Å². The van der Waals surface area contributed by atoms with E-state index in [2.05, 4.69) is 0 Å². The van der Waals surface area contributed by atoms with Gasteiger partial charge in [0.1, 0.15) is 5.75 Å². The Hall–Kier alpha value is -0.770. The fourth-order valence-electron chi connectivity index (χ4n) is 0.872. The minimum Gasteiger partial charge on any atom is -0.465 e. The highest BCUT2D eigenvalue weighted by atomic mass is 35.5. The van der Waals surface area contributed by atoms with E-state index < -0.39 is 6.29 Å². The van der Waals surface area contributed by atoms with Gasteiger partial charge in [0, 0.05) is 11.4 Å². The average Bonchev–Trinajstić information content (AvgIpc) is 2.09. The monoisotopic (exact) mass is 201 g/mol. The maximum absolute atomic E-state index is 9.24. The maximum atomic E-state index is 9.24. The van der Waals surface area contributed by atoms with Gasteiger partial charge in [-0.05, 0) is 30.8 Å². The van der Waals surface area contributed by atoms with E-state index in [9.17, 15) is 5.11 Å². The zero-order chi connectivity index (χ0) is 9.68. The van der Waals surface area contributed by atoms with Crippen LogP contribution in [0.5, 0.6) is 5.75 Å². The number of benzene rings is 1. The van der Waals surface area contributed by atoms with Gasteiger partial charge in [-0.15, -0.1) is 0 Å². The molecule has 1 rings (SSSR count). The van der Waals surface area contributed by atoms with Gasteiger partial charge in [0.25, 0.3) is 0 Å². The zero-order valence-electron chi connectivity index (χ0n) is 7.11. The molecule has 0 bridgehead atoms. The number of aliphatic hydroxyl groups is 1. The summed E-state index contributed by atoms with van der Waals surface area (Å²) < 4.78 is 5.13. The number of aliphatic hydroxyl groups excluding tert-OH is 1. The molecule has 1 aromatic rings. The van der Waals surface area contributed by atoms with Crippen LogP contribution < -0.4 is 10.5 Å². The molecular formula is C9H12ClNO2. The van der Waals surface area contributed by atoms with Crippen LogP contribution in [0.1, 0.15) is 6.42 Å². The van der Waals surface area contributed by atoms with Crippen LogP contribution in [0.3, 0.4) is 0 Å². The molecule has 0 saturated carbocycles. The van der Waals surface area contributed by atoms with Crippen molar-refractivity contribution in [2.45, 2.75) is 12.7 Å². The molecule has 0 aliphatic carbocycles. The molecule has 13 heavy (non-hydrogen) atoms. The van der Waals surface area contributed by atoms with Gasteiger partial charge < -0.3 is 15.6 Å². The molecule has 72 valence electrons. The summed E-state index contributed by atoms with van der Waals surface area (Å²) in [5.74, 6) is 0.588. The first-order valence-electron chi connectivity index (χ1n) is 4.02. The van der Waals surface area contributed by atoms with Crippen molar-refractivity contribution in [3.05, 3.63) is 29.3 Å². The normalized spacial score (nSPS) is 12.5. The molecule has 0 radical (unpaired) electrons. The quantitative estimate of drug-likeness (QED) is 0.724. The molecule has 1 aromatic carbocycles. The Balaban J connectivity index is 2.49. The summed E-state index contributed by atoms with van der Waals surface area (Å²) in [5.41, 5.74) is 5.25. The summed E-state index contributed by atoms with van der Waals surface area (Å²) in [4.78, 5) is 0. The number of hydrogen-bond donors (Lipinski definition) is 2. The van der Waals surface area contributed by atoms with Crippen LogP contribution in [-0.4, -0.2) is 17.9 Å². The Morgan fingerprint density at radius 1 is 1.38 bits per heavy atom. The molecule has 0 heterocycles. The Morgan fingerprint density at radius 3 is 2.54 bits per heavy atom. The highest BCUT2D eigenvalue weighted by Gasteiger charge is 2.03. The minimum atomic E-state index is -0.842. The van der Waals surface area contributed by atoms with E-state index in [-0.39, 0.29) is 0 Å². The summed E-state index contributed by atoms with van der Waals surface area (Å²) in [6.07, 6.45) is -0.422. The largest absolute Gasteiger partial charge is 0.465 e. The number of hydrogen-bond acceptors (Lipinski definition) is 3. The molecule has 0 amide bonds. The van der Waals surface area contributed by atoms with Crippen molar-refractivity contribution in [2.75, 3.05) is 6.54 Å². The van der Waals surface area contributed by atoms with Crippen molar-refractivity contribution in [1.29, 1.82) is 0 Å². The SMILES string of the molecule is NCCC(O)Oc1ccc(Cl)cc1. The fraction of sp³-hybridized carbons (Fsp3) is 0.333. The molecule has 4 heteroatoms. The third-order valence-corrected chi connectivity index (χ3v) is 1.75. The maximum Gasteiger partial charge on any atom is 0.198 e. The van der Waals surface area contributed by atoms with Crippen molar-refractivity contribution in [1.82, 2.24) is 0 Å². The van der Waals surface area contributed by atoms with Crippen molar-refractivity contribution < 1.29 is 9.84 Å². The van der Waals surface area contributed by atoms with Gasteiger partial charge >= 0.3 is 0 Å². The summed E-state index contributed by atoms with van der Waals surface area (Å²) in [6.45, 7) is 0.398. The Labute approximate surface area is 82.1 Å². The summed E-state index contributed by atoms with van der Waals surface area (Å²) in [6, 6.07) is 6.79. The molecule has 3 N–H and O–H groups in total. The van der Waals surface area contributed by atoms with E-state index in [1.54, 1.807) is 24.3 Å². The van der Waals surface area contributed by atoms with Gasteiger partial charge in [0.2, 0.25) is 0 Å². The molecule has 0 saturated heterocycles. The van der Waals surface area contributed by atoms with Crippen molar-refractivity contribution in [3.63, 3.8) is 0 Å². The zero-order valence-corrected chi connectivity index (χ0v) is 7.87. The van der Waals surface area contributed by atoms with Crippen LogP contribution in [-0.2, 0) is 0 Å². The van der Waals surface area contributed by atoms with E-state index in [1.807, 2.05) is 0 Å². The standard InChI is InChI=1S/C9H12ClNO2/c10-7-1-3-8(4-2-7)13-9(12)5-6-11/h1-4,9,12H,5-6,11H2. The van der Waals surface area contributed by atoms with Gasteiger partial charge in [-0.1, -0.05) is 11.6 Å². The van der Waals surface area contributed by atoms with E-state index in [4.69, 9.17) is 22.1 Å². The van der Waals surface area contributed by atoms with Crippen LogP contribution in [0.2, 0.25) is 5.02 Å². The molecular weight excluding hydrogens is 190 g/mol. The first-order chi connectivity index (χ1) is 6.22. The highest BCUT2D eigenvalue weighted by molar-refractivity contribution is 6.30. The second-order valence-electron chi connectivity index (χ2n) is 2.60. The lowest BCUT2D eigenvalue weighted by Gasteiger charge is -2.11. The molecule has 0 fully saturated rings. The number of nitrogens with two attached hydrogens (primary N) is 1. The second kappa shape index (κ2) is 5.07. The lowest BCUT2D eigenvalue weighted by atomic mass is 10.3. The van der Waals surface area contributed by atoms with Crippen LogP contribution in [0.25, 0.3) is 0 Å². The molecule has 0 spiro atoms. The smallest absolute Gasteiger partial charge is 0.198 e. The number of ether oxygens (including phenoxy) is 1. The first kappa shape index (κ1) is 10.3. The van der Waals surface area contributed by atoms with Gasteiger partial charge in [0.15, 0.2) is 6.29 Å². The minimum absolute atomic E-state index is 0.398. The molecule has 3 nitrogen and oxygen atoms in total. The topological polar surface area (TPSA) is 55.5 Å². The van der Waals surface area contributed by atoms with Crippen LogP contribution in [0, 0.1) is 0 Å². The summed E-state index contributed by atoms with van der Waals surface area (Å²) in [5, 5.41) is 9.88. The molecule has 0 aromatic heterocycles. The first-order valence-corrected chi connectivity index (χ1v) is 4.40. The van der Waals surface area contributed by atoms with E-state index in [0.29, 0.717) is 23.7 Å². The summed E-state index contributed by atoms with van der Waals surface area (Å²) >= 11 is 5.67. The third-order valence-electron chi connectivity index (χ3n) is 1.50. The van der Waals surface area contributed by atoms with E-state index in [1.165, 1.54) is 0 Å². The average molecular weight is 202 g/mol. The molecule has 1 atom stereocenters. The van der Waals surface area contributed by atoms with Gasteiger partial charge in [0.05, 0.1) is 0 Å². The Morgan fingerprint density at radius 2 is 2.00 bits per heavy atom. The van der Waals surface area contributed by atoms with E-state index >= 15 is 0 Å². The fourth-order valence-corrected chi connectivity index (χ4v) is 0.998. The Bertz CT molecular complexity index is 250. The lowest BCUT2D eigenvalue weighted by molar-refractivity contribution is -0.0208. The van der Waals surface area contributed by atoms with Gasteiger partial charge in [-0.2, -0.15) is 0 Å². The second-order valence-corrected chi connectivity index (χ2v) is 3.04.